The molecule has 0 radical (unpaired) electrons. The number of hydrogen-bond acceptors (Lipinski definition) is 3. The highest BCUT2D eigenvalue weighted by molar-refractivity contribution is 6.08. The Morgan fingerprint density at radius 3 is 2.54 bits per heavy atom. The van der Waals surface area contributed by atoms with Crippen LogP contribution in [-0.4, -0.2) is 15.3 Å². The Hall–Kier alpha value is -4.17. The quantitative estimate of drug-likeness (QED) is 0.112. The first-order valence-electron chi connectivity index (χ1n) is 16.9. The first-order valence-corrected chi connectivity index (χ1v) is 16.9. The largest absolute Gasteiger partial charge is 0.437 e. The van der Waals surface area contributed by atoms with Crippen molar-refractivity contribution in [2.75, 3.05) is 0 Å². The van der Waals surface area contributed by atoms with Crippen LogP contribution in [0.25, 0.3) is 33.5 Å². The Morgan fingerprint density at radius 2 is 1.91 bits per heavy atom. The smallest absolute Gasteiger partial charge is 0.292 e. The van der Waals surface area contributed by atoms with E-state index >= 15 is 0 Å². The van der Waals surface area contributed by atoms with Crippen molar-refractivity contribution in [1.82, 2.24) is 9.55 Å². The van der Waals surface area contributed by atoms with Gasteiger partial charge in [0.1, 0.15) is 17.0 Å². The van der Waals surface area contributed by atoms with Crippen LogP contribution in [0.1, 0.15) is 95.8 Å². The lowest BCUT2D eigenvalue weighted by Gasteiger charge is -2.24. The molecule has 5 nitrogen and oxygen atoms in total. The lowest BCUT2D eigenvalue weighted by atomic mass is 9.80. The maximum atomic E-state index is 6.50. The molecule has 1 aliphatic carbocycles. The summed E-state index contributed by atoms with van der Waals surface area (Å²) in [5, 5.41) is 2.24. The molecular formula is C41H53N4O+. The van der Waals surface area contributed by atoms with E-state index in [1.54, 1.807) is 0 Å². The predicted octanol–water partition coefficient (Wildman–Crippen LogP) is 10.2. The van der Waals surface area contributed by atoms with Gasteiger partial charge in [-0.3, -0.25) is 4.99 Å². The molecule has 0 spiro atoms. The lowest BCUT2D eigenvalue weighted by molar-refractivity contribution is -0.665. The number of imidazole rings is 1. The molecule has 3 aromatic heterocycles. The van der Waals surface area contributed by atoms with Crippen molar-refractivity contribution in [3.63, 3.8) is 0 Å². The molecular weight excluding hydrogens is 564 g/mol. The maximum absolute atomic E-state index is 6.50. The van der Waals surface area contributed by atoms with E-state index in [0.29, 0.717) is 17.8 Å². The number of allylic oxidation sites excluding steroid dienone is 5. The topological polar surface area (TPSA) is 47.2 Å². The van der Waals surface area contributed by atoms with Gasteiger partial charge in [0.25, 0.3) is 5.82 Å². The summed E-state index contributed by atoms with van der Waals surface area (Å²) in [6, 6.07) is 8.80. The average molecular weight is 618 g/mol. The number of hydrogen-bond donors (Lipinski definition) is 0. The van der Waals surface area contributed by atoms with Gasteiger partial charge in [0, 0.05) is 42.2 Å². The molecule has 0 bridgehead atoms. The van der Waals surface area contributed by atoms with Crippen molar-refractivity contribution >= 4 is 27.8 Å². The number of furan rings is 1. The van der Waals surface area contributed by atoms with Gasteiger partial charge in [-0.05, 0) is 69.2 Å². The van der Waals surface area contributed by atoms with Crippen LogP contribution >= 0.6 is 0 Å². The summed E-state index contributed by atoms with van der Waals surface area (Å²) in [5.41, 5.74) is 10.1. The number of rotatable bonds is 8. The van der Waals surface area contributed by atoms with Gasteiger partial charge in [-0.15, -0.1) is 5.92 Å². The zero-order valence-corrected chi connectivity index (χ0v) is 30.0. The van der Waals surface area contributed by atoms with Crippen LogP contribution in [0.2, 0.25) is 0 Å². The van der Waals surface area contributed by atoms with E-state index in [0.717, 1.165) is 39.9 Å². The molecule has 3 atom stereocenters. The number of aliphatic imine (C=N–C) groups is 1. The number of fused-ring (bicyclic) bond motifs is 3. The Balaban J connectivity index is 0.000000270. The number of aryl methyl sites for hydroxylation is 1. The van der Waals surface area contributed by atoms with Crippen molar-refractivity contribution < 1.29 is 8.98 Å². The van der Waals surface area contributed by atoms with Crippen molar-refractivity contribution in [3.8, 4) is 23.2 Å². The van der Waals surface area contributed by atoms with E-state index in [1.807, 2.05) is 40.0 Å². The Kier molecular flexibility index (Phi) is 11.6. The fourth-order valence-electron chi connectivity index (χ4n) is 6.81. The normalized spacial score (nSPS) is 16.3. The molecule has 1 aromatic carbocycles. The van der Waals surface area contributed by atoms with E-state index in [2.05, 4.69) is 117 Å². The second-order valence-electron chi connectivity index (χ2n) is 12.6. The molecule has 5 heteroatoms. The molecule has 46 heavy (non-hydrogen) atoms. The van der Waals surface area contributed by atoms with E-state index < -0.39 is 0 Å². The van der Waals surface area contributed by atoms with Gasteiger partial charge in [-0.2, -0.15) is 0 Å². The highest BCUT2D eigenvalue weighted by Gasteiger charge is 2.32. The second-order valence-corrected chi connectivity index (χ2v) is 12.6. The van der Waals surface area contributed by atoms with Crippen LogP contribution in [0.4, 0.5) is 0 Å². The van der Waals surface area contributed by atoms with Crippen molar-refractivity contribution in [2.45, 2.75) is 93.9 Å². The molecule has 0 amide bonds. The van der Waals surface area contributed by atoms with Crippen LogP contribution in [-0.2, 0) is 14.1 Å². The number of pyridine rings is 1. The third-order valence-electron chi connectivity index (χ3n) is 9.76. The van der Waals surface area contributed by atoms with Crippen LogP contribution in [0.15, 0.2) is 69.8 Å². The van der Waals surface area contributed by atoms with Crippen LogP contribution in [0.5, 0.6) is 0 Å². The standard InChI is InChI=1S/C27H36N3O.C14H17N/c1-9-11-20(10-2)17(4)21-14-15-22-23-13-12-16(3)28-26(23)31-25(22)24(21)27-29(7)18(5)19(6)30(27)8;1-4-8-13-9-6-7-10-14(13)12(3)15-11-5-2/h12-15,17,20H,9-11H2,1-8H3;5-7,10-11,13H,9H2,1-3H3/q+1;/b;11-5-,15-12?. The molecule has 1 aliphatic rings. The molecule has 3 unspecified atom stereocenters. The zero-order valence-electron chi connectivity index (χ0n) is 30.0. The van der Waals surface area contributed by atoms with Gasteiger partial charge in [-0.25, -0.2) is 14.1 Å². The number of nitrogens with zero attached hydrogens (tertiary/aromatic N) is 4. The summed E-state index contributed by atoms with van der Waals surface area (Å²) in [4.78, 5) is 9.06. The van der Waals surface area contributed by atoms with E-state index in [4.69, 9.17) is 9.40 Å². The third-order valence-corrected chi connectivity index (χ3v) is 9.76. The Labute approximate surface area is 276 Å². The first kappa shape index (κ1) is 34.7. The third kappa shape index (κ3) is 6.97. The van der Waals surface area contributed by atoms with Gasteiger partial charge in [0.05, 0.1) is 20.0 Å². The van der Waals surface area contributed by atoms with Crippen molar-refractivity contribution in [1.29, 1.82) is 0 Å². The molecule has 3 heterocycles. The molecule has 0 N–H and O–H groups in total. The maximum Gasteiger partial charge on any atom is 0.292 e. The summed E-state index contributed by atoms with van der Waals surface area (Å²) in [5.74, 6) is 8.81. The van der Waals surface area contributed by atoms with Gasteiger partial charge in [-0.1, -0.05) is 82.4 Å². The zero-order chi connectivity index (χ0) is 33.5. The van der Waals surface area contributed by atoms with E-state index in [9.17, 15) is 0 Å². The summed E-state index contributed by atoms with van der Waals surface area (Å²) >= 11 is 0. The SMILES string of the molecule is CC#CC1CC=CC=C1C(C)=N/C=C\C.CCCC(CC)C(C)c1ccc2c(oc3nc(C)ccc32)c1-c1n(C)c(C)c(C)[n+]1C. The minimum atomic E-state index is 0.314. The highest BCUT2D eigenvalue weighted by Crippen LogP contribution is 2.42. The molecule has 242 valence electrons. The lowest BCUT2D eigenvalue weighted by Crippen LogP contribution is -2.33. The van der Waals surface area contributed by atoms with E-state index in [1.165, 1.54) is 53.2 Å². The van der Waals surface area contributed by atoms with Crippen LogP contribution in [0, 0.1) is 44.4 Å². The summed E-state index contributed by atoms with van der Waals surface area (Å²) in [6.07, 6.45) is 14.7. The molecule has 0 saturated carbocycles. The number of benzene rings is 1. The van der Waals surface area contributed by atoms with Gasteiger partial charge in [0.2, 0.25) is 5.71 Å². The molecule has 0 fully saturated rings. The van der Waals surface area contributed by atoms with Gasteiger partial charge < -0.3 is 4.42 Å². The summed E-state index contributed by atoms with van der Waals surface area (Å²) < 4.78 is 11.1. The molecule has 0 saturated heterocycles. The van der Waals surface area contributed by atoms with E-state index in [-0.39, 0.29) is 0 Å². The monoisotopic (exact) mass is 617 g/mol. The first-order chi connectivity index (χ1) is 22.1. The van der Waals surface area contributed by atoms with Crippen LogP contribution < -0.4 is 4.57 Å². The summed E-state index contributed by atoms with van der Waals surface area (Å²) in [7, 11) is 4.33. The Bertz CT molecular complexity index is 1860. The second kappa shape index (κ2) is 15.4. The minimum absolute atomic E-state index is 0.314. The fourth-order valence-corrected chi connectivity index (χ4v) is 6.81. The number of aromatic nitrogens is 3. The fraction of sp³-hybridized carbons (Fsp3) is 0.439. The molecule has 5 rings (SSSR count). The van der Waals surface area contributed by atoms with Crippen LogP contribution in [0.3, 0.4) is 0 Å². The van der Waals surface area contributed by atoms with Gasteiger partial charge in [0.15, 0.2) is 5.58 Å². The average Bonchev–Trinajstić information content (AvgIpc) is 3.51. The van der Waals surface area contributed by atoms with Gasteiger partial charge >= 0.3 is 0 Å². The Morgan fingerprint density at radius 1 is 1.17 bits per heavy atom. The summed E-state index contributed by atoms with van der Waals surface area (Å²) in [6.45, 7) is 19.3. The molecule has 0 aliphatic heterocycles. The predicted molar refractivity (Wildman–Crippen MR) is 195 cm³/mol. The molecule has 4 aromatic rings. The van der Waals surface area contributed by atoms with Crippen molar-refractivity contribution in [2.24, 2.45) is 30.9 Å². The minimum Gasteiger partial charge on any atom is -0.437 e. The van der Waals surface area contributed by atoms with Crippen molar-refractivity contribution in [3.05, 3.63) is 83.0 Å². The highest BCUT2D eigenvalue weighted by atomic mass is 16.3.